The van der Waals surface area contributed by atoms with Crippen LogP contribution in [0.2, 0.25) is 71.5 Å². The Bertz CT molecular complexity index is 5330. The number of nitrogens with one attached hydrogen (secondary N) is 1. The van der Waals surface area contributed by atoms with Gasteiger partial charge >= 0.3 is 7.12 Å². The van der Waals surface area contributed by atoms with Gasteiger partial charge in [-0.25, -0.2) is 9.36 Å². The third-order valence-electron chi connectivity index (χ3n) is 19.1. The highest BCUT2D eigenvalue weighted by atomic mass is 127. The zero-order valence-corrected chi connectivity index (χ0v) is 75.2. The maximum absolute atomic E-state index is 6.71. The van der Waals surface area contributed by atoms with Gasteiger partial charge in [-0.3, -0.25) is 25.0 Å². The van der Waals surface area contributed by atoms with Crippen molar-refractivity contribution in [2.24, 2.45) is 0 Å². The standard InChI is InChI=1S/C28H32ClN3OSi.C27H37BN2O3Si.C22H18ClN3.C7H7ClIN.C5H3ClIN/c1-5-22-18-30-19-25(28(22)29)23-12-14-27-24(17-23)26(13-11-21-9-7-6-8-10-21)31-32(27)20-33-15-16-34(2,3)4;1-26(2)27(3,4)33-28(32-26)22-14-16-25-23(19-22)24(15-13-21-11-9-8-10-12-21)29-30(25)20-31-17-18-34(5,6)7;1-2-16-13-24-14-19(22(16)23)17-9-11-21-18(12-17)20(25-26-21)10-8-15-6-4-3-5-7-15;1-2-5-3-10-4-6(9)7(5)8;6-4-1-2-8-3-5(4)7/h6-14,17-19H,5,15-16,20H2,1-4H3;8-16,19H,17-18,20H2,1-7H3;3-14H,2H2,1H3,(H,25,26);3-4H,2H2,1H3;1-3H/b13-11+;15-13+;10-8+;;. The van der Waals surface area contributed by atoms with Crippen LogP contribution < -0.4 is 5.46 Å². The van der Waals surface area contributed by atoms with Gasteiger partial charge in [0.25, 0.3) is 0 Å². The molecule has 0 radical (unpaired) electrons. The molecule has 0 amide bonds. The van der Waals surface area contributed by atoms with Crippen molar-refractivity contribution in [2.45, 2.75) is 144 Å². The van der Waals surface area contributed by atoms with E-state index in [-0.39, 0.29) is 11.2 Å². The lowest BCUT2D eigenvalue weighted by molar-refractivity contribution is 0.00578. The smallest absolute Gasteiger partial charge is 0.399 e. The van der Waals surface area contributed by atoms with Crippen LogP contribution >= 0.6 is 91.6 Å². The van der Waals surface area contributed by atoms with Gasteiger partial charge in [-0.05, 0) is 209 Å². The van der Waals surface area contributed by atoms with Crippen molar-refractivity contribution >= 4 is 189 Å². The summed E-state index contributed by atoms with van der Waals surface area (Å²) in [5.41, 5.74) is 16.7. The first-order chi connectivity index (χ1) is 53.6. The van der Waals surface area contributed by atoms with Gasteiger partial charge in [-0.1, -0.05) is 240 Å². The molecule has 1 fully saturated rings. The molecule has 7 aromatic heterocycles. The van der Waals surface area contributed by atoms with Crippen molar-refractivity contribution in [3.05, 3.63) is 279 Å². The largest absolute Gasteiger partial charge is 0.494 e. The Morgan fingerprint density at radius 1 is 0.464 bits per heavy atom. The van der Waals surface area contributed by atoms with E-state index in [1.54, 1.807) is 24.7 Å². The van der Waals surface area contributed by atoms with Gasteiger partial charge in [0.2, 0.25) is 0 Å². The molecule has 13 aromatic rings. The Morgan fingerprint density at radius 3 is 1.32 bits per heavy atom. The van der Waals surface area contributed by atoms with Gasteiger partial charge < -0.3 is 18.8 Å². The predicted molar refractivity (Wildman–Crippen MR) is 494 cm³/mol. The quantitative estimate of drug-likeness (QED) is 0.0392. The second-order valence-corrected chi connectivity index (χ2v) is 45.5. The summed E-state index contributed by atoms with van der Waals surface area (Å²) in [6.07, 6.45) is 29.4. The lowest BCUT2D eigenvalue weighted by Gasteiger charge is -2.32. The summed E-state index contributed by atoms with van der Waals surface area (Å²) in [6, 6.07) is 53.7. The van der Waals surface area contributed by atoms with E-state index in [0.717, 1.165) is 183 Å². The van der Waals surface area contributed by atoms with Crippen LogP contribution in [0.25, 0.3) is 91.4 Å². The van der Waals surface area contributed by atoms with E-state index in [2.05, 4.69) is 272 Å². The van der Waals surface area contributed by atoms with Crippen molar-refractivity contribution in [2.75, 3.05) is 13.2 Å². The Labute approximate surface area is 709 Å². The van der Waals surface area contributed by atoms with Crippen LogP contribution in [0, 0.1) is 7.14 Å². The second-order valence-electron chi connectivity index (χ2n) is 30.4. The Morgan fingerprint density at radius 2 is 0.884 bits per heavy atom. The number of halogens is 6. The fraction of sp³-hybridized carbons (Fsp3) is 0.270. The molecule has 1 aliphatic heterocycles. The van der Waals surface area contributed by atoms with Crippen molar-refractivity contribution in [3.63, 3.8) is 0 Å². The Kier molecular flexibility index (Phi) is 31.6. The molecule has 1 N–H and O–H groups in total. The van der Waals surface area contributed by atoms with Crippen LogP contribution in [-0.4, -0.2) is 97.4 Å². The average Bonchev–Trinajstić information content (AvgIpc) is 1.55. The average molecular weight is 1830 g/mol. The highest BCUT2D eigenvalue weighted by Gasteiger charge is 2.52. The zero-order chi connectivity index (χ0) is 80.2. The van der Waals surface area contributed by atoms with E-state index in [0.29, 0.717) is 13.5 Å². The molecular formula is C89H97BCl4I2N10O4Si2. The third kappa shape index (κ3) is 24.1. The van der Waals surface area contributed by atoms with Crippen molar-refractivity contribution in [1.82, 2.24) is 49.7 Å². The molecule has 6 aromatic carbocycles. The minimum Gasteiger partial charge on any atom is -0.399 e. The zero-order valence-electron chi connectivity index (χ0n) is 65.9. The van der Waals surface area contributed by atoms with E-state index < -0.39 is 23.3 Å². The Balaban J connectivity index is 0.000000161. The molecular weight excluding hydrogens is 1740 g/mol. The molecule has 0 saturated carbocycles. The molecule has 8 heterocycles. The number of H-pyrrole nitrogens is 1. The van der Waals surface area contributed by atoms with Crippen LogP contribution in [0.5, 0.6) is 0 Å². The number of hydrogen-bond donors (Lipinski definition) is 1. The number of aromatic nitrogens is 10. The lowest BCUT2D eigenvalue weighted by atomic mass is 9.78. The number of nitrogens with zero attached hydrogens (tertiary/aromatic N) is 9. The molecule has 0 atom stereocenters. The molecule has 112 heavy (non-hydrogen) atoms. The van der Waals surface area contributed by atoms with Crippen molar-refractivity contribution < 1.29 is 18.8 Å². The summed E-state index contributed by atoms with van der Waals surface area (Å²) >= 11 is 29.2. The maximum Gasteiger partial charge on any atom is 0.494 e. The highest BCUT2D eigenvalue weighted by molar-refractivity contribution is 14.1. The summed E-state index contributed by atoms with van der Waals surface area (Å²) in [5, 5.41) is 23.7. The molecule has 0 spiro atoms. The van der Waals surface area contributed by atoms with Gasteiger partial charge in [0.15, 0.2) is 0 Å². The predicted octanol–water partition coefficient (Wildman–Crippen LogP) is 24.9. The number of hydrogen-bond acceptors (Lipinski definition) is 11. The molecule has 580 valence electrons. The topological polar surface area (TPSA) is 153 Å². The molecule has 14 nitrogen and oxygen atoms in total. The van der Waals surface area contributed by atoms with Crippen LogP contribution in [-0.2, 0) is 51.5 Å². The molecule has 23 heteroatoms. The fourth-order valence-electron chi connectivity index (χ4n) is 11.7. The molecule has 1 aliphatic rings. The van der Waals surface area contributed by atoms with Gasteiger partial charge in [0.1, 0.15) is 13.5 Å². The molecule has 0 bridgehead atoms. The number of fused-ring (bicyclic) bond motifs is 3. The SMILES string of the molecule is CC1(C)OB(c2ccc3c(c2)c(/C=C/c2ccccc2)nn3COCC[Si](C)(C)C)OC1(C)C.CCc1cncc(-c2ccc3[nH]nc(/C=C/c4ccccc4)c3c2)c1Cl.CCc1cncc(-c2ccc3c(c2)c(/C=C/c2ccccc2)nn3COCC[Si](C)(C)C)c1Cl.CCc1cncc(I)c1Cl.Clc1ccncc1I. The monoisotopic (exact) mass is 1830 g/mol. The fourth-order valence-corrected chi connectivity index (χ4v) is 15.1. The number of benzene rings is 6. The van der Waals surface area contributed by atoms with E-state index >= 15 is 0 Å². The molecule has 14 rings (SSSR count). The van der Waals surface area contributed by atoms with Gasteiger partial charge in [-0.15, -0.1) is 0 Å². The van der Waals surface area contributed by atoms with E-state index in [4.69, 9.17) is 75.4 Å². The van der Waals surface area contributed by atoms with Crippen LogP contribution in [0.15, 0.2) is 201 Å². The summed E-state index contributed by atoms with van der Waals surface area (Å²) in [7, 11) is -2.68. The highest BCUT2D eigenvalue weighted by Crippen LogP contribution is 2.39. The number of aromatic amines is 1. The summed E-state index contributed by atoms with van der Waals surface area (Å²) < 4.78 is 30.6. The van der Waals surface area contributed by atoms with Crippen LogP contribution in [0.1, 0.15) is 98.9 Å². The van der Waals surface area contributed by atoms with E-state index in [1.807, 2.05) is 113 Å². The number of ether oxygens (including phenoxy) is 2. The minimum absolute atomic E-state index is 0.378. The van der Waals surface area contributed by atoms with Crippen LogP contribution in [0.4, 0.5) is 0 Å². The first-order valence-corrected chi connectivity index (χ1v) is 48.7. The summed E-state index contributed by atoms with van der Waals surface area (Å²) in [5.74, 6) is 0. The summed E-state index contributed by atoms with van der Waals surface area (Å²) in [4.78, 5) is 16.6. The number of aryl methyl sites for hydroxylation is 3. The van der Waals surface area contributed by atoms with E-state index in [9.17, 15) is 0 Å². The van der Waals surface area contributed by atoms with Gasteiger partial charge in [-0.2, -0.15) is 15.3 Å². The van der Waals surface area contributed by atoms with Gasteiger partial charge in [0.05, 0.1) is 68.5 Å². The van der Waals surface area contributed by atoms with Crippen LogP contribution in [0.3, 0.4) is 0 Å². The number of rotatable bonds is 22. The Hall–Kier alpha value is -7.49. The normalized spacial score (nSPS) is 13.3. The maximum atomic E-state index is 6.71. The van der Waals surface area contributed by atoms with E-state index in [1.165, 1.54) is 0 Å². The van der Waals surface area contributed by atoms with Gasteiger partial charge in [0, 0.05) is 110 Å². The molecule has 0 aliphatic carbocycles. The molecule has 1 saturated heterocycles. The summed E-state index contributed by atoms with van der Waals surface area (Å²) in [6.45, 7) is 31.1. The van der Waals surface area contributed by atoms with Crippen molar-refractivity contribution in [1.29, 1.82) is 0 Å². The first kappa shape index (κ1) is 86.9. The molecule has 0 unspecified atom stereocenters. The van der Waals surface area contributed by atoms with Crippen molar-refractivity contribution in [3.8, 4) is 22.3 Å². The minimum atomic E-state index is -1.14. The first-order valence-electron chi connectivity index (χ1n) is 37.6. The lowest BCUT2D eigenvalue weighted by Crippen LogP contribution is -2.41. The second kappa shape index (κ2) is 40.7. The third-order valence-corrected chi connectivity index (χ3v) is 26.5. The number of pyridine rings is 4.